The number of methoxy groups -OCH3 is 1. The Morgan fingerprint density at radius 1 is 1.21 bits per heavy atom. The van der Waals surface area contributed by atoms with Crippen LogP contribution in [0.3, 0.4) is 0 Å². The molecule has 0 spiro atoms. The Balaban J connectivity index is 1.34. The molecule has 0 radical (unpaired) electrons. The van der Waals surface area contributed by atoms with Gasteiger partial charge in [-0.15, -0.1) is 0 Å². The van der Waals surface area contributed by atoms with Crippen LogP contribution in [0.15, 0.2) is 59.9 Å². The minimum Gasteiger partial charge on any atom is -0.497 e. The lowest BCUT2D eigenvalue weighted by Crippen LogP contribution is -2.36. The van der Waals surface area contributed by atoms with E-state index in [-0.39, 0.29) is 12.0 Å². The summed E-state index contributed by atoms with van der Waals surface area (Å²) in [5, 5.41) is 0.865. The van der Waals surface area contributed by atoms with Crippen molar-refractivity contribution < 1.29 is 14.3 Å². The molecule has 3 aromatic rings. The Morgan fingerprint density at radius 3 is 2.88 bits per heavy atom. The van der Waals surface area contributed by atoms with E-state index in [0.29, 0.717) is 5.75 Å². The van der Waals surface area contributed by atoms with Crippen molar-refractivity contribution in [1.29, 1.82) is 0 Å². The van der Waals surface area contributed by atoms with E-state index in [1.807, 2.05) is 47.5 Å². The summed E-state index contributed by atoms with van der Waals surface area (Å²) in [6.07, 6.45) is 6.20. The number of imidazole rings is 1. The molecule has 0 saturated carbocycles. The van der Waals surface area contributed by atoms with Gasteiger partial charge in [0.15, 0.2) is 5.16 Å². The van der Waals surface area contributed by atoms with Gasteiger partial charge in [-0.3, -0.25) is 4.79 Å². The first kappa shape index (κ1) is 22.0. The summed E-state index contributed by atoms with van der Waals surface area (Å²) >= 11 is 1.51. The number of hydrogen-bond acceptors (Lipinski definition) is 5. The number of carbonyl (C=O) groups excluding carboxylic acids is 1. The molecule has 0 bridgehead atoms. The molecule has 1 atom stereocenters. The second-order valence-corrected chi connectivity index (χ2v) is 9.41. The van der Waals surface area contributed by atoms with Crippen LogP contribution in [-0.4, -0.2) is 47.6 Å². The standard InChI is InChI=1S/C26H29N3O3S/c1-31-21-11-12-23-20(15-21)9-5-13-28(23)25(30)18-33-26-27-16-24(19-7-3-2-4-8-19)29(26)17-22-10-6-14-32-22/h2-4,7-8,11-12,15-16,22H,5-6,9-10,13-14,17-18H2,1H3. The van der Waals surface area contributed by atoms with Gasteiger partial charge in [0.2, 0.25) is 5.91 Å². The van der Waals surface area contributed by atoms with E-state index in [4.69, 9.17) is 14.5 Å². The monoisotopic (exact) mass is 463 g/mol. The number of thioether (sulfide) groups is 1. The van der Waals surface area contributed by atoms with E-state index in [1.165, 1.54) is 17.3 Å². The summed E-state index contributed by atoms with van der Waals surface area (Å²) in [6.45, 7) is 2.32. The van der Waals surface area contributed by atoms with E-state index in [9.17, 15) is 4.79 Å². The fraction of sp³-hybridized carbons (Fsp3) is 0.385. The molecule has 0 N–H and O–H groups in total. The van der Waals surface area contributed by atoms with Crippen LogP contribution >= 0.6 is 11.8 Å². The maximum Gasteiger partial charge on any atom is 0.237 e. The highest BCUT2D eigenvalue weighted by Crippen LogP contribution is 2.32. The zero-order valence-electron chi connectivity index (χ0n) is 18.9. The van der Waals surface area contributed by atoms with Crippen molar-refractivity contribution in [3.63, 3.8) is 0 Å². The highest BCUT2D eigenvalue weighted by Gasteiger charge is 2.25. The lowest BCUT2D eigenvalue weighted by molar-refractivity contribution is -0.116. The zero-order chi connectivity index (χ0) is 22.6. The first-order valence-corrected chi connectivity index (χ1v) is 12.5. The lowest BCUT2D eigenvalue weighted by atomic mass is 10.0. The molecular formula is C26H29N3O3S. The van der Waals surface area contributed by atoms with Crippen LogP contribution < -0.4 is 9.64 Å². The molecule has 2 aromatic carbocycles. The topological polar surface area (TPSA) is 56.6 Å². The van der Waals surface area contributed by atoms with Crippen molar-refractivity contribution in [2.75, 3.05) is 30.9 Å². The van der Waals surface area contributed by atoms with Crippen molar-refractivity contribution in [2.45, 2.75) is 43.5 Å². The molecule has 1 amide bonds. The molecule has 33 heavy (non-hydrogen) atoms. The minimum atomic E-state index is 0.110. The maximum absolute atomic E-state index is 13.2. The normalized spacial score (nSPS) is 17.7. The van der Waals surface area contributed by atoms with Crippen molar-refractivity contribution >= 4 is 23.4 Å². The highest BCUT2D eigenvalue weighted by atomic mass is 32.2. The van der Waals surface area contributed by atoms with Gasteiger partial charge in [-0.25, -0.2) is 4.98 Å². The molecular weight excluding hydrogens is 434 g/mol. The fourth-order valence-electron chi connectivity index (χ4n) is 4.65. The summed E-state index contributed by atoms with van der Waals surface area (Å²) in [5.41, 5.74) is 4.36. The van der Waals surface area contributed by atoms with E-state index in [2.05, 4.69) is 16.7 Å². The number of fused-ring (bicyclic) bond motifs is 1. The van der Waals surface area contributed by atoms with Crippen molar-refractivity contribution in [1.82, 2.24) is 9.55 Å². The molecule has 1 unspecified atom stereocenters. The van der Waals surface area contributed by atoms with Gasteiger partial charge in [-0.1, -0.05) is 42.1 Å². The Hall–Kier alpha value is -2.77. The average Bonchev–Trinajstić information content (AvgIpc) is 3.52. The van der Waals surface area contributed by atoms with Gasteiger partial charge < -0.3 is 18.9 Å². The minimum absolute atomic E-state index is 0.110. The predicted molar refractivity (Wildman–Crippen MR) is 131 cm³/mol. The van der Waals surface area contributed by atoms with Crippen LogP contribution in [0, 0.1) is 0 Å². The van der Waals surface area contributed by atoms with Crippen LogP contribution in [-0.2, 0) is 22.5 Å². The van der Waals surface area contributed by atoms with Crippen molar-refractivity contribution in [2.24, 2.45) is 0 Å². The first-order chi connectivity index (χ1) is 16.2. The number of amides is 1. The van der Waals surface area contributed by atoms with Gasteiger partial charge in [-0.2, -0.15) is 0 Å². The summed E-state index contributed by atoms with van der Waals surface area (Å²) in [6, 6.07) is 16.3. The van der Waals surface area contributed by atoms with Crippen molar-refractivity contribution in [3.8, 4) is 17.0 Å². The lowest BCUT2D eigenvalue weighted by Gasteiger charge is -2.29. The number of carbonyl (C=O) groups is 1. The molecule has 1 saturated heterocycles. The summed E-state index contributed by atoms with van der Waals surface area (Å²) in [4.78, 5) is 19.8. The molecule has 1 aromatic heterocycles. The van der Waals surface area contributed by atoms with E-state index in [1.54, 1.807) is 7.11 Å². The molecule has 2 aliphatic rings. The number of rotatable bonds is 7. The third-order valence-electron chi connectivity index (χ3n) is 6.33. The maximum atomic E-state index is 13.2. The van der Waals surface area contributed by atoms with Gasteiger partial charge in [0.05, 0.1) is 37.4 Å². The third kappa shape index (κ3) is 4.80. The molecule has 5 rings (SSSR count). The van der Waals surface area contributed by atoms with E-state index in [0.717, 1.165) is 73.2 Å². The second kappa shape index (κ2) is 10.0. The SMILES string of the molecule is COc1ccc2c(c1)CCCN2C(=O)CSc1ncc(-c2ccccc2)n1CC1CCCO1. The largest absolute Gasteiger partial charge is 0.497 e. The molecule has 7 heteroatoms. The molecule has 2 aliphatic heterocycles. The summed E-state index contributed by atoms with van der Waals surface area (Å²) < 4.78 is 13.5. The molecule has 6 nitrogen and oxygen atoms in total. The van der Waals surface area contributed by atoms with Gasteiger partial charge in [0.1, 0.15) is 5.75 Å². The van der Waals surface area contributed by atoms with Gasteiger partial charge in [0.25, 0.3) is 0 Å². The van der Waals surface area contributed by atoms with Crippen LogP contribution in [0.2, 0.25) is 0 Å². The van der Waals surface area contributed by atoms with Crippen molar-refractivity contribution in [3.05, 3.63) is 60.3 Å². The number of anilines is 1. The average molecular weight is 464 g/mol. The van der Waals surface area contributed by atoms with E-state index < -0.39 is 0 Å². The number of ether oxygens (including phenoxy) is 2. The summed E-state index contributed by atoms with van der Waals surface area (Å²) in [5.74, 6) is 1.29. The fourth-order valence-corrected chi connectivity index (χ4v) is 5.51. The number of benzene rings is 2. The molecule has 3 heterocycles. The predicted octanol–water partition coefficient (Wildman–Crippen LogP) is 4.81. The third-order valence-corrected chi connectivity index (χ3v) is 7.31. The van der Waals surface area contributed by atoms with Gasteiger partial charge >= 0.3 is 0 Å². The number of aryl methyl sites for hydroxylation is 1. The highest BCUT2D eigenvalue weighted by molar-refractivity contribution is 7.99. The molecule has 1 fully saturated rings. The Morgan fingerprint density at radius 2 is 2.09 bits per heavy atom. The Kier molecular flexibility index (Phi) is 6.69. The van der Waals surface area contributed by atoms with Crippen LogP contribution in [0.1, 0.15) is 24.8 Å². The number of nitrogens with zero attached hydrogens (tertiary/aromatic N) is 3. The van der Waals surface area contributed by atoms with E-state index >= 15 is 0 Å². The Bertz CT molecular complexity index is 1110. The van der Waals surface area contributed by atoms with Gasteiger partial charge in [0, 0.05) is 18.8 Å². The number of hydrogen-bond donors (Lipinski definition) is 0. The van der Waals surface area contributed by atoms with Crippen LogP contribution in [0.25, 0.3) is 11.3 Å². The van der Waals surface area contributed by atoms with Gasteiger partial charge in [-0.05, 0) is 55.0 Å². The Labute approximate surface area is 198 Å². The molecule has 0 aliphatic carbocycles. The smallest absolute Gasteiger partial charge is 0.237 e. The number of aromatic nitrogens is 2. The van der Waals surface area contributed by atoms with Crippen LogP contribution in [0.4, 0.5) is 5.69 Å². The first-order valence-electron chi connectivity index (χ1n) is 11.6. The quantitative estimate of drug-likeness (QED) is 0.471. The zero-order valence-corrected chi connectivity index (χ0v) is 19.7. The molecule has 172 valence electrons. The van der Waals surface area contributed by atoms with Crippen LogP contribution in [0.5, 0.6) is 5.75 Å². The second-order valence-electron chi connectivity index (χ2n) is 8.47. The summed E-state index contributed by atoms with van der Waals surface area (Å²) in [7, 11) is 1.67.